The molecule has 9 heteroatoms. The third kappa shape index (κ3) is 2.41. The number of anilines is 2. The van der Waals surface area contributed by atoms with Gasteiger partial charge in [0, 0.05) is 18.0 Å². The van der Waals surface area contributed by atoms with Crippen molar-refractivity contribution in [1.82, 2.24) is 9.97 Å². The fourth-order valence-corrected chi connectivity index (χ4v) is 3.37. The first kappa shape index (κ1) is 13.7. The van der Waals surface area contributed by atoms with Crippen molar-refractivity contribution in [3.8, 4) is 0 Å². The van der Waals surface area contributed by atoms with Crippen molar-refractivity contribution in [2.75, 3.05) is 16.9 Å². The molecule has 0 aliphatic carbocycles. The number of nitrogens with one attached hydrogen (secondary N) is 1. The van der Waals surface area contributed by atoms with E-state index in [9.17, 15) is 10.1 Å². The molecular formula is C12H14N6O2S. The van der Waals surface area contributed by atoms with Gasteiger partial charge in [0.1, 0.15) is 5.69 Å². The summed E-state index contributed by atoms with van der Waals surface area (Å²) in [6.45, 7) is 2.89. The quantitative estimate of drug-likeness (QED) is 0.503. The fraction of sp³-hybridized carbons (Fsp3) is 0.333. The van der Waals surface area contributed by atoms with Crippen LogP contribution in [-0.2, 0) is 13.0 Å². The monoisotopic (exact) mass is 306 g/mol. The molecule has 0 amide bonds. The summed E-state index contributed by atoms with van der Waals surface area (Å²) in [4.78, 5) is 22.3. The Kier molecular flexibility index (Phi) is 3.43. The topological polar surface area (TPSA) is 110 Å². The Bertz CT molecular complexity index is 701. The molecule has 0 radical (unpaired) electrons. The van der Waals surface area contributed by atoms with Gasteiger partial charge in [-0.2, -0.15) is 4.98 Å². The van der Waals surface area contributed by atoms with E-state index in [0.717, 1.165) is 6.42 Å². The Morgan fingerprint density at radius 1 is 1.52 bits per heavy atom. The van der Waals surface area contributed by atoms with Gasteiger partial charge in [-0.05, 0) is 30.4 Å². The summed E-state index contributed by atoms with van der Waals surface area (Å²) in [6, 6.07) is 2.05. The van der Waals surface area contributed by atoms with Gasteiger partial charge in [0.2, 0.25) is 11.8 Å². The number of nitrogens with two attached hydrogens (primary N) is 1. The predicted molar refractivity (Wildman–Crippen MR) is 80.3 cm³/mol. The molecule has 0 atom stereocenters. The molecule has 0 spiro atoms. The minimum absolute atomic E-state index is 0.0623. The first-order valence-corrected chi connectivity index (χ1v) is 7.28. The molecule has 21 heavy (non-hydrogen) atoms. The number of nitrogen functional groups attached to an aromatic ring is 1. The van der Waals surface area contributed by atoms with Crippen molar-refractivity contribution in [3.05, 3.63) is 37.7 Å². The van der Waals surface area contributed by atoms with Crippen LogP contribution in [0.4, 0.5) is 17.5 Å². The average Bonchev–Trinajstić information content (AvgIpc) is 2.93. The number of rotatable bonds is 3. The summed E-state index contributed by atoms with van der Waals surface area (Å²) < 4.78 is 0. The minimum atomic E-state index is -0.436. The van der Waals surface area contributed by atoms with Crippen LogP contribution in [0.5, 0.6) is 0 Å². The molecule has 0 fully saturated rings. The first-order chi connectivity index (χ1) is 10.1. The number of hydrogen-bond donors (Lipinski definition) is 2. The summed E-state index contributed by atoms with van der Waals surface area (Å²) in [7, 11) is 0. The Balaban J connectivity index is 2.05. The lowest BCUT2D eigenvalue weighted by Gasteiger charge is -2.27. The van der Waals surface area contributed by atoms with Crippen LogP contribution in [0, 0.1) is 17.0 Å². The molecule has 3 rings (SSSR count). The smallest absolute Gasteiger partial charge is 0.332 e. The van der Waals surface area contributed by atoms with Crippen LogP contribution in [0.1, 0.15) is 16.1 Å². The molecule has 0 saturated carbocycles. The van der Waals surface area contributed by atoms with Gasteiger partial charge in [-0.25, -0.2) is 10.8 Å². The molecule has 0 aromatic carbocycles. The van der Waals surface area contributed by atoms with E-state index in [1.54, 1.807) is 18.3 Å². The summed E-state index contributed by atoms with van der Waals surface area (Å²) in [5.41, 5.74) is 3.79. The standard InChI is InChI=1S/C12H14N6O2S/c1-7-10(18(19)20)11(15-12(14-7)16-13)17-4-2-9-8(6-17)3-5-21-9/h3,5H,2,4,6,13H2,1H3,(H,14,15,16). The molecule has 2 aromatic rings. The van der Waals surface area contributed by atoms with Gasteiger partial charge >= 0.3 is 5.69 Å². The molecule has 1 aliphatic heterocycles. The van der Waals surface area contributed by atoms with Crippen LogP contribution < -0.4 is 16.2 Å². The van der Waals surface area contributed by atoms with Crippen molar-refractivity contribution in [1.29, 1.82) is 0 Å². The second-order valence-corrected chi connectivity index (χ2v) is 5.75. The SMILES string of the molecule is Cc1nc(NN)nc(N2CCc3sccc3C2)c1[N+](=O)[O-]. The van der Waals surface area contributed by atoms with Crippen LogP contribution in [0.2, 0.25) is 0 Å². The lowest BCUT2D eigenvalue weighted by atomic mass is 10.1. The zero-order chi connectivity index (χ0) is 15.0. The minimum Gasteiger partial charge on any atom is -0.346 e. The second kappa shape index (κ2) is 5.26. The third-order valence-electron chi connectivity index (χ3n) is 3.46. The maximum Gasteiger partial charge on any atom is 0.332 e. The van der Waals surface area contributed by atoms with E-state index in [4.69, 9.17) is 5.84 Å². The Morgan fingerprint density at radius 3 is 3.05 bits per heavy atom. The molecule has 0 bridgehead atoms. The van der Waals surface area contributed by atoms with Gasteiger partial charge < -0.3 is 4.90 Å². The number of hydrazine groups is 1. The third-order valence-corrected chi connectivity index (χ3v) is 4.48. The number of nitrogens with zero attached hydrogens (tertiary/aromatic N) is 4. The maximum absolute atomic E-state index is 11.3. The molecule has 0 saturated heterocycles. The highest BCUT2D eigenvalue weighted by Crippen LogP contribution is 2.34. The fourth-order valence-electron chi connectivity index (χ4n) is 2.48. The number of nitro groups is 1. The zero-order valence-corrected chi connectivity index (χ0v) is 12.2. The van der Waals surface area contributed by atoms with Crippen molar-refractivity contribution in [3.63, 3.8) is 0 Å². The number of fused-ring (bicyclic) bond motifs is 1. The number of aryl methyl sites for hydroxylation is 1. The number of hydrogen-bond acceptors (Lipinski definition) is 8. The highest BCUT2D eigenvalue weighted by Gasteiger charge is 2.29. The van der Waals surface area contributed by atoms with Crippen LogP contribution in [0.25, 0.3) is 0 Å². The van der Waals surface area contributed by atoms with Gasteiger partial charge in [-0.1, -0.05) is 0 Å². The Labute approximate surface area is 124 Å². The van der Waals surface area contributed by atoms with Gasteiger partial charge in [0.05, 0.1) is 4.92 Å². The van der Waals surface area contributed by atoms with E-state index in [2.05, 4.69) is 15.4 Å². The lowest BCUT2D eigenvalue weighted by molar-refractivity contribution is -0.385. The summed E-state index contributed by atoms with van der Waals surface area (Å²) in [5, 5.41) is 13.4. The lowest BCUT2D eigenvalue weighted by Crippen LogP contribution is -2.31. The van der Waals surface area contributed by atoms with E-state index >= 15 is 0 Å². The van der Waals surface area contributed by atoms with E-state index in [-0.39, 0.29) is 11.6 Å². The molecule has 110 valence electrons. The summed E-state index contributed by atoms with van der Waals surface area (Å²) in [5.74, 6) is 5.84. The molecule has 0 unspecified atom stereocenters. The zero-order valence-electron chi connectivity index (χ0n) is 11.4. The van der Waals surface area contributed by atoms with Crippen molar-refractivity contribution < 1.29 is 4.92 Å². The Hall–Kier alpha value is -2.26. The van der Waals surface area contributed by atoms with Crippen LogP contribution in [-0.4, -0.2) is 21.4 Å². The maximum atomic E-state index is 11.3. The van der Waals surface area contributed by atoms with Crippen LogP contribution in [0.3, 0.4) is 0 Å². The molecule has 8 nitrogen and oxygen atoms in total. The highest BCUT2D eigenvalue weighted by atomic mass is 32.1. The van der Waals surface area contributed by atoms with E-state index in [1.807, 2.05) is 16.3 Å². The molecule has 3 N–H and O–H groups in total. The average molecular weight is 306 g/mol. The molecule has 2 aromatic heterocycles. The largest absolute Gasteiger partial charge is 0.346 e. The molecular weight excluding hydrogens is 292 g/mol. The second-order valence-electron chi connectivity index (χ2n) is 4.75. The predicted octanol–water partition coefficient (Wildman–Crippen LogP) is 1.60. The molecule has 3 heterocycles. The Morgan fingerprint density at radius 2 is 2.33 bits per heavy atom. The van der Waals surface area contributed by atoms with Gasteiger partial charge in [-0.15, -0.1) is 11.3 Å². The summed E-state index contributed by atoms with van der Waals surface area (Å²) >= 11 is 1.72. The van der Waals surface area contributed by atoms with E-state index in [1.165, 1.54) is 10.4 Å². The number of thiophene rings is 1. The first-order valence-electron chi connectivity index (χ1n) is 6.40. The van der Waals surface area contributed by atoms with E-state index < -0.39 is 4.92 Å². The number of aromatic nitrogens is 2. The van der Waals surface area contributed by atoms with Crippen LogP contribution >= 0.6 is 11.3 Å². The normalized spacial score (nSPS) is 13.9. The van der Waals surface area contributed by atoms with Gasteiger partial charge in [0.25, 0.3) is 0 Å². The van der Waals surface area contributed by atoms with Crippen molar-refractivity contribution in [2.24, 2.45) is 5.84 Å². The van der Waals surface area contributed by atoms with Gasteiger partial charge in [-0.3, -0.25) is 15.5 Å². The van der Waals surface area contributed by atoms with E-state index in [0.29, 0.717) is 24.6 Å². The van der Waals surface area contributed by atoms with Crippen molar-refractivity contribution >= 4 is 28.8 Å². The van der Waals surface area contributed by atoms with Crippen molar-refractivity contribution in [2.45, 2.75) is 19.9 Å². The summed E-state index contributed by atoms with van der Waals surface area (Å²) in [6.07, 6.45) is 0.860. The highest BCUT2D eigenvalue weighted by molar-refractivity contribution is 7.10. The van der Waals surface area contributed by atoms with Gasteiger partial charge in [0.15, 0.2) is 0 Å². The molecule has 1 aliphatic rings. The van der Waals surface area contributed by atoms with Crippen LogP contribution in [0.15, 0.2) is 11.4 Å².